The van der Waals surface area contributed by atoms with Gasteiger partial charge < -0.3 is 15.2 Å². The Bertz CT molecular complexity index is 419. The fraction of sp³-hybridized carbons (Fsp3) is 0.625. The number of nitrogens with one attached hydrogen (secondary N) is 1. The van der Waals surface area contributed by atoms with Gasteiger partial charge in [0, 0.05) is 24.3 Å². The second-order valence-corrected chi connectivity index (χ2v) is 5.61. The predicted octanol–water partition coefficient (Wildman–Crippen LogP) is 2.82. The van der Waals surface area contributed by atoms with Crippen molar-refractivity contribution in [2.45, 2.75) is 45.2 Å². The monoisotopic (exact) mass is 263 g/mol. The Morgan fingerprint density at radius 2 is 2.21 bits per heavy atom. The van der Waals surface area contributed by atoms with E-state index in [1.54, 1.807) is 7.11 Å². The molecule has 3 atom stereocenters. The number of benzene rings is 1. The lowest BCUT2D eigenvalue weighted by Gasteiger charge is -2.25. The molecular weight excluding hydrogens is 238 g/mol. The molecule has 0 spiro atoms. The normalized spacial score (nSPS) is 24.4. The molecule has 0 amide bonds. The van der Waals surface area contributed by atoms with Crippen molar-refractivity contribution in [1.82, 2.24) is 5.32 Å². The van der Waals surface area contributed by atoms with Gasteiger partial charge in [-0.3, -0.25) is 0 Å². The van der Waals surface area contributed by atoms with Crippen LogP contribution >= 0.6 is 0 Å². The maximum absolute atomic E-state index is 9.39. The number of rotatable bonds is 5. The van der Waals surface area contributed by atoms with Gasteiger partial charge in [-0.1, -0.05) is 18.6 Å². The van der Waals surface area contributed by atoms with Crippen LogP contribution in [-0.4, -0.2) is 24.9 Å². The maximum Gasteiger partial charge on any atom is 0.123 e. The van der Waals surface area contributed by atoms with Gasteiger partial charge in [0.25, 0.3) is 0 Å². The Kier molecular flexibility index (Phi) is 4.83. The quantitative estimate of drug-likeness (QED) is 0.858. The van der Waals surface area contributed by atoms with Crippen LogP contribution in [0.25, 0.3) is 0 Å². The molecular formula is C16H25NO2. The van der Waals surface area contributed by atoms with Gasteiger partial charge in [-0.25, -0.2) is 0 Å². The largest absolute Gasteiger partial charge is 0.496 e. The average molecular weight is 263 g/mol. The van der Waals surface area contributed by atoms with Gasteiger partial charge in [-0.2, -0.15) is 0 Å². The first-order valence-electron chi connectivity index (χ1n) is 7.17. The summed E-state index contributed by atoms with van der Waals surface area (Å²) in [6, 6.07) is 6.99. The molecule has 0 aliphatic heterocycles. The van der Waals surface area contributed by atoms with Crippen LogP contribution in [0.2, 0.25) is 0 Å². The highest BCUT2D eigenvalue weighted by Gasteiger charge is 2.28. The first kappa shape index (κ1) is 14.4. The highest BCUT2D eigenvalue weighted by atomic mass is 16.5. The molecule has 2 N–H and O–H groups in total. The summed E-state index contributed by atoms with van der Waals surface area (Å²) in [4.78, 5) is 0. The molecule has 3 nitrogen and oxygen atoms in total. The lowest BCUT2D eigenvalue weighted by molar-refractivity contribution is 0.200. The first-order valence-corrected chi connectivity index (χ1v) is 7.17. The number of methoxy groups -OCH3 is 1. The van der Waals surface area contributed by atoms with Crippen molar-refractivity contribution in [2.75, 3.05) is 13.7 Å². The van der Waals surface area contributed by atoms with Gasteiger partial charge in [-0.05, 0) is 44.2 Å². The minimum absolute atomic E-state index is 0.243. The van der Waals surface area contributed by atoms with Gasteiger partial charge in [0.05, 0.1) is 7.11 Å². The second kappa shape index (κ2) is 6.40. The topological polar surface area (TPSA) is 41.5 Å². The van der Waals surface area contributed by atoms with Crippen molar-refractivity contribution >= 4 is 0 Å². The summed E-state index contributed by atoms with van der Waals surface area (Å²) in [5, 5.41) is 13.0. The van der Waals surface area contributed by atoms with Crippen LogP contribution in [0.1, 0.15) is 43.4 Å². The van der Waals surface area contributed by atoms with E-state index in [9.17, 15) is 5.11 Å². The molecule has 3 unspecified atom stereocenters. The molecule has 1 aliphatic rings. The van der Waals surface area contributed by atoms with Gasteiger partial charge in [0.2, 0.25) is 0 Å². The minimum atomic E-state index is 0.243. The molecule has 1 aliphatic carbocycles. The van der Waals surface area contributed by atoms with E-state index in [1.807, 2.05) is 0 Å². The first-order chi connectivity index (χ1) is 9.15. The van der Waals surface area contributed by atoms with Crippen molar-refractivity contribution in [3.8, 4) is 5.75 Å². The van der Waals surface area contributed by atoms with Crippen LogP contribution < -0.4 is 10.1 Å². The van der Waals surface area contributed by atoms with Crippen LogP contribution in [0, 0.1) is 12.8 Å². The molecule has 19 heavy (non-hydrogen) atoms. The van der Waals surface area contributed by atoms with Crippen LogP contribution in [0.15, 0.2) is 18.2 Å². The zero-order valence-corrected chi connectivity index (χ0v) is 12.1. The molecule has 0 radical (unpaired) electrons. The Hall–Kier alpha value is -1.06. The summed E-state index contributed by atoms with van der Waals surface area (Å²) >= 11 is 0. The van der Waals surface area contributed by atoms with Crippen LogP contribution in [-0.2, 0) is 0 Å². The Balaban J connectivity index is 2.09. The fourth-order valence-corrected chi connectivity index (χ4v) is 3.06. The Labute approximate surface area is 116 Å². The van der Waals surface area contributed by atoms with E-state index in [-0.39, 0.29) is 12.6 Å². The SMILES string of the molecule is COc1cc(C)ccc1C(C)NC1CCCC1CO. The van der Waals surface area contributed by atoms with Gasteiger partial charge >= 0.3 is 0 Å². The van der Waals surface area contributed by atoms with Crippen molar-refractivity contribution < 1.29 is 9.84 Å². The second-order valence-electron chi connectivity index (χ2n) is 5.61. The fourth-order valence-electron chi connectivity index (χ4n) is 3.06. The maximum atomic E-state index is 9.39. The molecule has 2 rings (SSSR count). The molecule has 106 valence electrons. The van der Waals surface area contributed by atoms with E-state index in [0.717, 1.165) is 18.6 Å². The van der Waals surface area contributed by atoms with Crippen molar-refractivity contribution in [1.29, 1.82) is 0 Å². The van der Waals surface area contributed by atoms with Crippen LogP contribution in [0.4, 0.5) is 0 Å². The molecule has 0 saturated heterocycles. The number of aliphatic hydroxyl groups excluding tert-OH is 1. The van der Waals surface area contributed by atoms with E-state index in [2.05, 4.69) is 37.4 Å². The number of hydrogen-bond donors (Lipinski definition) is 2. The number of aryl methyl sites for hydroxylation is 1. The molecule has 0 heterocycles. The molecule has 1 fully saturated rings. The molecule has 3 heteroatoms. The Morgan fingerprint density at radius 3 is 2.89 bits per heavy atom. The summed E-state index contributed by atoms with van der Waals surface area (Å²) in [5.74, 6) is 1.34. The third-order valence-electron chi connectivity index (χ3n) is 4.21. The summed E-state index contributed by atoms with van der Waals surface area (Å²) in [6.45, 7) is 4.53. The zero-order valence-electron chi connectivity index (χ0n) is 12.1. The number of aliphatic hydroxyl groups is 1. The summed E-state index contributed by atoms with van der Waals surface area (Å²) in [5.41, 5.74) is 2.40. The van der Waals surface area contributed by atoms with Gasteiger partial charge in [0.1, 0.15) is 5.75 Å². The third kappa shape index (κ3) is 3.28. The molecule has 0 aromatic heterocycles. The van der Waals surface area contributed by atoms with E-state index in [1.165, 1.54) is 17.5 Å². The van der Waals surface area contributed by atoms with Crippen molar-refractivity contribution in [3.05, 3.63) is 29.3 Å². The van der Waals surface area contributed by atoms with E-state index >= 15 is 0 Å². The van der Waals surface area contributed by atoms with Gasteiger partial charge in [-0.15, -0.1) is 0 Å². The smallest absolute Gasteiger partial charge is 0.123 e. The van der Waals surface area contributed by atoms with Crippen molar-refractivity contribution in [2.24, 2.45) is 5.92 Å². The van der Waals surface area contributed by atoms with Crippen LogP contribution in [0.3, 0.4) is 0 Å². The summed E-state index contributed by atoms with van der Waals surface area (Å²) in [6.07, 6.45) is 3.50. The highest BCUT2D eigenvalue weighted by molar-refractivity contribution is 5.39. The Morgan fingerprint density at radius 1 is 1.42 bits per heavy atom. The number of hydrogen-bond acceptors (Lipinski definition) is 3. The van der Waals surface area contributed by atoms with E-state index < -0.39 is 0 Å². The zero-order chi connectivity index (χ0) is 13.8. The van der Waals surface area contributed by atoms with Gasteiger partial charge in [0.15, 0.2) is 0 Å². The summed E-state index contributed by atoms with van der Waals surface area (Å²) < 4.78 is 5.48. The highest BCUT2D eigenvalue weighted by Crippen LogP contribution is 2.30. The lowest BCUT2D eigenvalue weighted by Crippen LogP contribution is -2.36. The lowest BCUT2D eigenvalue weighted by atomic mass is 10.0. The third-order valence-corrected chi connectivity index (χ3v) is 4.21. The summed E-state index contributed by atoms with van der Waals surface area (Å²) in [7, 11) is 1.72. The molecule has 1 aromatic rings. The van der Waals surface area contributed by atoms with E-state index in [0.29, 0.717) is 12.0 Å². The minimum Gasteiger partial charge on any atom is -0.496 e. The molecule has 1 aromatic carbocycles. The number of ether oxygens (including phenoxy) is 1. The van der Waals surface area contributed by atoms with Crippen LogP contribution in [0.5, 0.6) is 5.75 Å². The average Bonchev–Trinajstić information content (AvgIpc) is 2.85. The predicted molar refractivity (Wildman–Crippen MR) is 77.5 cm³/mol. The standard InChI is InChI=1S/C16H25NO2/c1-11-7-8-14(16(9-11)19-3)12(2)17-15-6-4-5-13(15)10-18/h7-9,12-13,15,17-18H,4-6,10H2,1-3H3. The molecule has 0 bridgehead atoms. The van der Waals surface area contributed by atoms with E-state index in [4.69, 9.17) is 4.74 Å². The molecule has 1 saturated carbocycles. The van der Waals surface area contributed by atoms with Crippen molar-refractivity contribution in [3.63, 3.8) is 0 Å².